The van der Waals surface area contributed by atoms with Gasteiger partial charge in [0.1, 0.15) is 12.2 Å². The van der Waals surface area contributed by atoms with Crippen molar-refractivity contribution in [3.05, 3.63) is 29.8 Å². The van der Waals surface area contributed by atoms with Crippen LogP contribution >= 0.6 is 0 Å². The summed E-state index contributed by atoms with van der Waals surface area (Å²) >= 11 is 0. The van der Waals surface area contributed by atoms with Gasteiger partial charge >= 0.3 is 5.97 Å². The molecule has 0 aliphatic carbocycles. The van der Waals surface area contributed by atoms with Gasteiger partial charge in [0, 0.05) is 14.0 Å². The van der Waals surface area contributed by atoms with Crippen molar-refractivity contribution in [2.75, 3.05) is 13.7 Å². The van der Waals surface area contributed by atoms with Crippen molar-refractivity contribution in [2.24, 2.45) is 0 Å². The number of methoxy groups -OCH3 is 1. The topological polar surface area (TPSA) is 108 Å². The minimum absolute atomic E-state index is 0.000384. The van der Waals surface area contributed by atoms with Crippen molar-refractivity contribution in [2.45, 2.75) is 43.3 Å². The van der Waals surface area contributed by atoms with Crippen LogP contribution in [0.2, 0.25) is 0 Å². The summed E-state index contributed by atoms with van der Waals surface area (Å²) in [5.74, 6) is -0.612. The molecule has 134 valence electrons. The van der Waals surface area contributed by atoms with E-state index in [0.717, 1.165) is 5.56 Å². The molecular formula is C15H20O8S. The molecule has 1 aliphatic heterocycles. The van der Waals surface area contributed by atoms with Crippen molar-refractivity contribution in [1.29, 1.82) is 0 Å². The molecule has 1 aromatic rings. The zero-order chi connectivity index (χ0) is 17.9. The predicted octanol–water partition coefficient (Wildman–Crippen LogP) is 0.364. The number of aliphatic hydroxyl groups is 1. The van der Waals surface area contributed by atoms with E-state index in [4.69, 9.17) is 18.4 Å². The average molecular weight is 360 g/mol. The number of rotatable bonds is 6. The molecule has 1 heterocycles. The second-order valence-electron chi connectivity index (χ2n) is 5.39. The molecule has 0 spiro atoms. The summed E-state index contributed by atoms with van der Waals surface area (Å²) < 4.78 is 44.5. The van der Waals surface area contributed by atoms with E-state index in [9.17, 15) is 18.3 Å². The Balaban J connectivity index is 2.03. The molecule has 1 N–H and O–H groups in total. The molecule has 0 amide bonds. The maximum Gasteiger partial charge on any atom is 0.303 e. The Bertz CT molecular complexity index is 669. The highest BCUT2D eigenvalue weighted by Gasteiger charge is 2.47. The molecule has 1 aromatic carbocycles. The van der Waals surface area contributed by atoms with Gasteiger partial charge in [-0.15, -0.1) is 0 Å². The number of esters is 1. The SMILES string of the molecule is COC1O[C@@H](COS(=O)(=O)c2ccc(C)cc2)[C@H](O)[C@H]1OC(C)=O. The van der Waals surface area contributed by atoms with E-state index in [2.05, 4.69) is 0 Å². The van der Waals surface area contributed by atoms with E-state index in [0.29, 0.717) is 0 Å². The number of hydrogen-bond donors (Lipinski definition) is 1. The lowest BCUT2D eigenvalue weighted by molar-refractivity contribution is -0.178. The van der Waals surface area contributed by atoms with Gasteiger partial charge in [-0.1, -0.05) is 17.7 Å². The van der Waals surface area contributed by atoms with Crippen LogP contribution in [0.25, 0.3) is 0 Å². The molecular weight excluding hydrogens is 340 g/mol. The van der Waals surface area contributed by atoms with Crippen LogP contribution in [0.4, 0.5) is 0 Å². The first-order valence-electron chi connectivity index (χ1n) is 7.24. The molecule has 2 rings (SSSR count). The summed E-state index contributed by atoms with van der Waals surface area (Å²) in [4.78, 5) is 11.1. The van der Waals surface area contributed by atoms with Crippen LogP contribution in [0.1, 0.15) is 12.5 Å². The Morgan fingerprint density at radius 2 is 1.92 bits per heavy atom. The highest BCUT2D eigenvalue weighted by Crippen LogP contribution is 2.26. The molecule has 1 fully saturated rings. The van der Waals surface area contributed by atoms with Crippen LogP contribution in [0.3, 0.4) is 0 Å². The third kappa shape index (κ3) is 4.31. The lowest BCUT2D eigenvalue weighted by atomic mass is 10.1. The zero-order valence-electron chi connectivity index (χ0n) is 13.5. The van der Waals surface area contributed by atoms with Crippen molar-refractivity contribution in [1.82, 2.24) is 0 Å². The van der Waals surface area contributed by atoms with E-state index in [-0.39, 0.29) is 4.90 Å². The number of aliphatic hydroxyl groups excluding tert-OH is 1. The molecule has 0 aromatic heterocycles. The van der Waals surface area contributed by atoms with E-state index in [1.54, 1.807) is 12.1 Å². The Kier molecular flexibility index (Phi) is 5.94. The fourth-order valence-electron chi connectivity index (χ4n) is 2.28. The number of benzene rings is 1. The Hall–Kier alpha value is -1.52. The first kappa shape index (κ1) is 18.8. The predicted molar refractivity (Wildman–Crippen MR) is 81.5 cm³/mol. The minimum atomic E-state index is -3.99. The molecule has 1 unspecified atom stereocenters. The molecule has 8 nitrogen and oxygen atoms in total. The van der Waals surface area contributed by atoms with E-state index in [1.165, 1.54) is 26.2 Å². The van der Waals surface area contributed by atoms with Crippen LogP contribution in [0.15, 0.2) is 29.2 Å². The molecule has 1 aliphatic rings. The number of carbonyl (C=O) groups excluding carboxylic acids is 1. The van der Waals surface area contributed by atoms with E-state index in [1.807, 2.05) is 6.92 Å². The summed E-state index contributed by atoms with van der Waals surface area (Å²) in [5, 5.41) is 10.1. The van der Waals surface area contributed by atoms with Crippen molar-refractivity contribution in [3.63, 3.8) is 0 Å². The van der Waals surface area contributed by atoms with Crippen LogP contribution < -0.4 is 0 Å². The molecule has 0 radical (unpaired) electrons. The summed E-state index contributed by atoms with van der Waals surface area (Å²) in [6, 6.07) is 6.15. The van der Waals surface area contributed by atoms with Crippen molar-refractivity contribution >= 4 is 16.1 Å². The fourth-order valence-corrected chi connectivity index (χ4v) is 3.20. The lowest BCUT2D eigenvalue weighted by Gasteiger charge is -2.18. The first-order valence-corrected chi connectivity index (χ1v) is 8.65. The summed E-state index contributed by atoms with van der Waals surface area (Å²) in [6.07, 6.45) is -4.34. The highest BCUT2D eigenvalue weighted by molar-refractivity contribution is 7.86. The Morgan fingerprint density at radius 1 is 1.29 bits per heavy atom. The zero-order valence-corrected chi connectivity index (χ0v) is 14.4. The van der Waals surface area contributed by atoms with E-state index < -0.39 is 47.3 Å². The number of carbonyl (C=O) groups is 1. The Morgan fingerprint density at radius 3 is 2.46 bits per heavy atom. The van der Waals surface area contributed by atoms with Crippen LogP contribution in [0, 0.1) is 6.92 Å². The molecule has 0 saturated carbocycles. The molecule has 9 heteroatoms. The van der Waals surface area contributed by atoms with E-state index >= 15 is 0 Å². The molecule has 4 atom stereocenters. The first-order chi connectivity index (χ1) is 11.2. The van der Waals surface area contributed by atoms with Gasteiger partial charge in [0.05, 0.1) is 11.5 Å². The van der Waals surface area contributed by atoms with Gasteiger partial charge in [0.15, 0.2) is 12.4 Å². The number of ether oxygens (including phenoxy) is 3. The third-order valence-corrected chi connectivity index (χ3v) is 4.82. The summed E-state index contributed by atoms with van der Waals surface area (Å²) in [6.45, 7) is 2.58. The van der Waals surface area contributed by atoms with Gasteiger partial charge in [-0.05, 0) is 19.1 Å². The maximum absolute atomic E-state index is 12.1. The van der Waals surface area contributed by atoms with Crippen molar-refractivity contribution in [3.8, 4) is 0 Å². The highest BCUT2D eigenvalue weighted by atomic mass is 32.2. The van der Waals surface area contributed by atoms with Gasteiger partial charge in [-0.2, -0.15) is 8.42 Å². The number of aryl methyl sites for hydroxylation is 1. The largest absolute Gasteiger partial charge is 0.454 e. The summed E-state index contributed by atoms with van der Waals surface area (Å²) in [7, 11) is -2.67. The summed E-state index contributed by atoms with van der Waals surface area (Å²) in [5.41, 5.74) is 0.913. The normalized spacial score (nSPS) is 27.2. The second kappa shape index (κ2) is 7.58. The standard InChI is InChI=1S/C15H20O8S/c1-9-4-6-11(7-5-9)24(18,19)21-8-12-13(17)14(22-10(2)16)15(20-3)23-12/h4-7,12-15,17H,8H2,1-3H3/t12-,13-,14+,15?/m0/s1. The fraction of sp³-hybridized carbons (Fsp3) is 0.533. The smallest absolute Gasteiger partial charge is 0.303 e. The maximum atomic E-state index is 12.1. The van der Waals surface area contributed by atoms with Crippen LogP contribution in [-0.4, -0.2) is 57.8 Å². The quantitative estimate of drug-likeness (QED) is 0.572. The van der Waals surface area contributed by atoms with Gasteiger partial charge in [0.2, 0.25) is 0 Å². The molecule has 24 heavy (non-hydrogen) atoms. The Labute approximate surface area is 140 Å². The number of hydrogen-bond acceptors (Lipinski definition) is 8. The van der Waals surface area contributed by atoms with Gasteiger partial charge in [0.25, 0.3) is 10.1 Å². The van der Waals surface area contributed by atoms with Gasteiger partial charge in [-0.25, -0.2) is 0 Å². The van der Waals surface area contributed by atoms with Gasteiger partial charge < -0.3 is 19.3 Å². The third-order valence-electron chi connectivity index (χ3n) is 3.53. The average Bonchev–Trinajstić information content (AvgIpc) is 2.81. The molecule has 0 bridgehead atoms. The van der Waals surface area contributed by atoms with Gasteiger partial charge in [-0.3, -0.25) is 8.98 Å². The van der Waals surface area contributed by atoms with Crippen molar-refractivity contribution < 1.29 is 36.7 Å². The monoisotopic (exact) mass is 360 g/mol. The van der Waals surface area contributed by atoms with Crippen LogP contribution in [0.5, 0.6) is 0 Å². The minimum Gasteiger partial charge on any atom is -0.454 e. The van der Waals surface area contributed by atoms with Crippen LogP contribution in [-0.2, 0) is 33.3 Å². The lowest BCUT2D eigenvalue weighted by Crippen LogP contribution is -2.38. The second-order valence-corrected chi connectivity index (χ2v) is 7.01. The molecule has 1 saturated heterocycles.